The Balaban J connectivity index is 2.53. The van der Waals surface area contributed by atoms with Crippen LogP contribution < -0.4 is 0 Å². The van der Waals surface area contributed by atoms with Crippen molar-refractivity contribution in [2.24, 2.45) is 0 Å². The van der Waals surface area contributed by atoms with Crippen LogP contribution in [-0.4, -0.2) is 22.9 Å². The normalized spacial score (nSPS) is 10.8. The van der Waals surface area contributed by atoms with Crippen LogP contribution in [0.2, 0.25) is 5.15 Å². The molecule has 1 heterocycles. The van der Waals surface area contributed by atoms with E-state index in [0.717, 1.165) is 23.9 Å². The molecule has 0 unspecified atom stereocenters. The lowest BCUT2D eigenvalue weighted by Gasteiger charge is -1.99. The average molecular weight is 253 g/mol. The van der Waals surface area contributed by atoms with Gasteiger partial charge in [0.15, 0.2) is 0 Å². The standard InChI is InChI=1S/C12H13ClN2O2/c1-3-6-15-11(13)9-7-8(12(16)17-2)4-5-10(9)14-15/h4-5,7H,3,6H2,1-2H3. The van der Waals surface area contributed by atoms with E-state index in [2.05, 4.69) is 16.8 Å². The van der Waals surface area contributed by atoms with Crippen LogP contribution in [0.3, 0.4) is 0 Å². The topological polar surface area (TPSA) is 44.1 Å². The Bertz CT molecular complexity index is 563. The third-order valence-electron chi connectivity index (χ3n) is 2.53. The maximum absolute atomic E-state index is 11.4. The fourth-order valence-electron chi connectivity index (χ4n) is 1.71. The van der Waals surface area contributed by atoms with Gasteiger partial charge in [-0.15, -0.1) is 0 Å². The number of methoxy groups -OCH3 is 1. The van der Waals surface area contributed by atoms with Crippen LogP contribution in [0.15, 0.2) is 18.2 Å². The molecule has 0 aliphatic rings. The van der Waals surface area contributed by atoms with Crippen LogP contribution in [0.5, 0.6) is 0 Å². The van der Waals surface area contributed by atoms with E-state index in [9.17, 15) is 4.79 Å². The second-order valence-corrected chi connectivity index (χ2v) is 4.10. The molecule has 4 nitrogen and oxygen atoms in total. The van der Waals surface area contributed by atoms with Gasteiger partial charge in [0.1, 0.15) is 5.15 Å². The smallest absolute Gasteiger partial charge is 0.337 e. The van der Waals surface area contributed by atoms with Gasteiger partial charge in [0.25, 0.3) is 0 Å². The van der Waals surface area contributed by atoms with E-state index in [1.54, 1.807) is 22.9 Å². The summed E-state index contributed by atoms with van der Waals surface area (Å²) in [5.41, 5.74) is 1.27. The Hall–Kier alpha value is -1.55. The van der Waals surface area contributed by atoms with E-state index >= 15 is 0 Å². The lowest BCUT2D eigenvalue weighted by atomic mass is 10.1. The third-order valence-corrected chi connectivity index (χ3v) is 2.93. The first kappa shape index (κ1) is 11.9. The minimum Gasteiger partial charge on any atom is -0.465 e. The summed E-state index contributed by atoms with van der Waals surface area (Å²) in [6.45, 7) is 2.82. The highest BCUT2D eigenvalue weighted by Crippen LogP contribution is 2.24. The number of aryl methyl sites for hydroxylation is 1. The average Bonchev–Trinajstić information content (AvgIpc) is 2.66. The quantitative estimate of drug-likeness (QED) is 0.789. The van der Waals surface area contributed by atoms with E-state index < -0.39 is 0 Å². The largest absolute Gasteiger partial charge is 0.465 e. The van der Waals surface area contributed by atoms with Crippen molar-refractivity contribution < 1.29 is 9.53 Å². The first-order valence-electron chi connectivity index (χ1n) is 5.41. The molecule has 1 aromatic carbocycles. The molecule has 1 aromatic heterocycles. The monoisotopic (exact) mass is 252 g/mol. The lowest BCUT2D eigenvalue weighted by Crippen LogP contribution is -2.00. The van der Waals surface area contributed by atoms with E-state index in [1.807, 2.05) is 0 Å². The number of fused-ring (bicyclic) bond motifs is 1. The Morgan fingerprint density at radius 3 is 2.94 bits per heavy atom. The summed E-state index contributed by atoms with van der Waals surface area (Å²) >= 11 is 6.20. The number of carbonyl (C=O) groups is 1. The second kappa shape index (κ2) is 4.75. The van der Waals surface area contributed by atoms with Crippen molar-refractivity contribution in [3.05, 3.63) is 28.9 Å². The molecule has 0 aliphatic heterocycles. The van der Waals surface area contributed by atoms with Crippen LogP contribution in [0.1, 0.15) is 23.7 Å². The van der Waals surface area contributed by atoms with Crippen LogP contribution in [0, 0.1) is 0 Å². The summed E-state index contributed by atoms with van der Waals surface area (Å²) in [5.74, 6) is -0.369. The molecule has 0 bridgehead atoms. The van der Waals surface area contributed by atoms with Crippen LogP contribution in [-0.2, 0) is 11.3 Å². The number of rotatable bonds is 3. The van der Waals surface area contributed by atoms with Gasteiger partial charge in [-0.3, -0.25) is 4.68 Å². The number of nitrogens with zero attached hydrogens (tertiary/aromatic N) is 2. The molecule has 0 saturated heterocycles. The highest BCUT2D eigenvalue weighted by Gasteiger charge is 2.12. The molecule has 0 N–H and O–H groups in total. The van der Waals surface area contributed by atoms with Crippen LogP contribution >= 0.6 is 11.6 Å². The fourth-order valence-corrected chi connectivity index (χ4v) is 1.98. The van der Waals surface area contributed by atoms with Gasteiger partial charge < -0.3 is 4.74 Å². The molecule has 0 amide bonds. The number of hydrogen-bond donors (Lipinski definition) is 0. The Morgan fingerprint density at radius 2 is 2.29 bits per heavy atom. The SMILES string of the molecule is CCCn1nc2ccc(C(=O)OC)cc2c1Cl. The summed E-state index contributed by atoms with van der Waals surface area (Å²) in [4.78, 5) is 11.4. The Morgan fingerprint density at radius 1 is 1.53 bits per heavy atom. The van der Waals surface area contributed by atoms with Crippen LogP contribution in [0.25, 0.3) is 10.9 Å². The third kappa shape index (κ3) is 2.13. The van der Waals surface area contributed by atoms with Crippen molar-refractivity contribution in [3.63, 3.8) is 0 Å². The minimum absolute atomic E-state index is 0.369. The second-order valence-electron chi connectivity index (χ2n) is 3.74. The molecule has 0 aliphatic carbocycles. The summed E-state index contributed by atoms with van der Waals surface area (Å²) < 4.78 is 6.41. The summed E-state index contributed by atoms with van der Waals surface area (Å²) in [6.07, 6.45) is 0.956. The Kier molecular flexibility index (Phi) is 3.33. The van der Waals surface area contributed by atoms with Gasteiger partial charge in [-0.1, -0.05) is 18.5 Å². The first-order chi connectivity index (χ1) is 8.17. The predicted molar refractivity (Wildman–Crippen MR) is 66.4 cm³/mol. The van der Waals surface area contributed by atoms with Gasteiger partial charge in [0.05, 0.1) is 18.2 Å². The van der Waals surface area contributed by atoms with E-state index in [1.165, 1.54) is 7.11 Å². The molecular weight excluding hydrogens is 240 g/mol. The highest BCUT2D eigenvalue weighted by atomic mass is 35.5. The highest BCUT2D eigenvalue weighted by molar-refractivity contribution is 6.34. The molecule has 0 spiro atoms. The maximum Gasteiger partial charge on any atom is 0.337 e. The predicted octanol–water partition coefficient (Wildman–Crippen LogP) is 2.89. The van der Waals surface area contributed by atoms with Crippen molar-refractivity contribution in [2.75, 3.05) is 7.11 Å². The van der Waals surface area contributed by atoms with E-state index in [-0.39, 0.29) is 5.97 Å². The summed E-state index contributed by atoms with van der Waals surface area (Å²) in [7, 11) is 1.36. The van der Waals surface area contributed by atoms with Crippen molar-refractivity contribution in [1.29, 1.82) is 0 Å². The van der Waals surface area contributed by atoms with Crippen molar-refractivity contribution in [1.82, 2.24) is 9.78 Å². The first-order valence-corrected chi connectivity index (χ1v) is 5.79. The van der Waals surface area contributed by atoms with Crippen LogP contribution in [0.4, 0.5) is 0 Å². The van der Waals surface area contributed by atoms with E-state index in [4.69, 9.17) is 11.6 Å². The number of benzene rings is 1. The number of carbonyl (C=O) groups excluding carboxylic acids is 1. The van der Waals surface area contributed by atoms with Crippen molar-refractivity contribution in [2.45, 2.75) is 19.9 Å². The molecule has 0 fully saturated rings. The molecular formula is C12H13ClN2O2. The molecule has 2 rings (SSSR count). The summed E-state index contributed by atoms with van der Waals surface area (Å²) in [6, 6.07) is 5.18. The number of ether oxygens (including phenoxy) is 1. The van der Waals surface area contributed by atoms with Gasteiger partial charge in [0, 0.05) is 11.9 Å². The molecule has 0 atom stereocenters. The number of hydrogen-bond acceptors (Lipinski definition) is 3. The van der Waals surface area contributed by atoms with Crippen molar-refractivity contribution >= 4 is 28.5 Å². The van der Waals surface area contributed by atoms with Crippen molar-refractivity contribution in [3.8, 4) is 0 Å². The number of aromatic nitrogens is 2. The molecule has 17 heavy (non-hydrogen) atoms. The summed E-state index contributed by atoms with van der Waals surface area (Å²) in [5, 5.41) is 5.70. The molecule has 0 radical (unpaired) electrons. The fraction of sp³-hybridized carbons (Fsp3) is 0.333. The Labute approximate surface area is 104 Å². The van der Waals surface area contributed by atoms with Gasteiger partial charge in [-0.2, -0.15) is 5.10 Å². The lowest BCUT2D eigenvalue weighted by molar-refractivity contribution is 0.0601. The van der Waals surface area contributed by atoms with E-state index in [0.29, 0.717) is 10.7 Å². The molecule has 2 aromatic rings. The zero-order chi connectivity index (χ0) is 12.4. The van der Waals surface area contributed by atoms with Gasteiger partial charge in [0.2, 0.25) is 0 Å². The van der Waals surface area contributed by atoms with Gasteiger partial charge in [-0.25, -0.2) is 4.79 Å². The molecule has 5 heteroatoms. The minimum atomic E-state index is -0.369. The van der Waals surface area contributed by atoms with Gasteiger partial charge in [-0.05, 0) is 24.6 Å². The van der Waals surface area contributed by atoms with Gasteiger partial charge >= 0.3 is 5.97 Å². The molecule has 0 saturated carbocycles. The maximum atomic E-state index is 11.4. The zero-order valence-electron chi connectivity index (χ0n) is 9.74. The molecule has 90 valence electrons. The number of halogens is 1. The zero-order valence-corrected chi connectivity index (χ0v) is 10.5. The number of esters is 1.